The van der Waals surface area contributed by atoms with E-state index in [4.69, 9.17) is 14.4 Å². The first-order valence-corrected chi connectivity index (χ1v) is 7.88. The zero-order valence-corrected chi connectivity index (χ0v) is 12.2. The molecule has 7 heteroatoms. The summed E-state index contributed by atoms with van der Waals surface area (Å²) in [5, 5.41) is 8.59. The number of hydrogen-bond donors (Lipinski definition) is 1. The fourth-order valence-electron chi connectivity index (χ4n) is 1.76. The van der Waals surface area contributed by atoms with Crippen molar-refractivity contribution in [2.45, 2.75) is 20.0 Å². The van der Waals surface area contributed by atoms with Crippen molar-refractivity contribution in [3.63, 3.8) is 0 Å². The van der Waals surface area contributed by atoms with Crippen molar-refractivity contribution >= 4 is 14.4 Å². The lowest BCUT2D eigenvalue weighted by molar-refractivity contribution is 0.0731. The summed E-state index contributed by atoms with van der Waals surface area (Å²) < 4.78 is 12.9. The van der Waals surface area contributed by atoms with Crippen LogP contribution >= 0.6 is 8.30 Å². The van der Waals surface area contributed by atoms with Crippen LogP contribution in [-0.4, -0.2) is 72.9 Å². The molecule has 1 fully saturated rings. The van der Waals surface area contributed by atoms with Crippen molar-refractivity contribution in [1.29, 1.82) is 0 Å². The van der Waals surface area contributed by atoms with E-state index < -0.39 is 8.30 Å². The maximum atomic E-state index is 11.6. The quantitative estimate of drug-likeness (QED) is 0.763. The van der Waals surface area contributed by atoms with Crippen LogP contribution in [0, 0.1) is 0 Å². The topological polar surface area (TPSA) is 62.2 Å². The van der Waals surface area contributed by atoms with Crippen LogP contribution in [-0.2, 0) is 9.26 Å². The standard InChI is InChI=1S/C11H23N2O4P/c1-10(2)17-18(3)13-6-4-12(5-7-13)11(15)16-9-8-14/h10,14H,4-9H2,1-3H3. The second-order valence-electron chi connectivity index (χ2n) is 4.40. The van der Waals surface area contributed by atoms with E-state index in [9.17, 15) is 4.79 Å². The number of hydrogen-bond acceptors (Lipinski definition) is 5. The van der Waals surface area contributed by atoms with Crippen molar-refractivity contribution < 1.29 is 19.2 Å². The van der Waals surface area contributed by atoms with Crippen molar-refractivity contribution in [1.82, 2.24) is 9.57 Å². The Kier molecular flexibility index (Phi) is 6.86. The zero-order chi connectivity index (χ0) is 13.5. The number of rotatable bonds is 5. The largest absolute Gasteiger partial charge is 0.447 e. The highest BCUT2D eigenvalue weighted by Gasteiger charge is 2.25. The summed E-state index contributed by atoms with van der Waals surface area (Å²) in [7, 11) is -0.573. The maximum absolute atomic E-state index is 11.6. The third-order valence-electron chi connectivity index (χ3n) is 2.59. The summed E-state index contributed by atoms with van der Waals surface area (Å²) in [6.45, 7) is 9.00. The molecule has 1 rings (SSSR count). The lowest BCUT2D eigenvalue weighted by Gasteiger charge is -2.37. The van der Waals surface area contributed by atoms with E-state index in [1.165, 1.54) is 0 Å². The number of nitrogens with zero attached hydrogens (tertiary/aromatic N) is 2. The fourth-order valence-corrected chi connectivity index (χ4v) is 3.24. The Labute approximate surface area is 110 Å². The van der Waals surface area contributed by atoms with Gasteiger partial charge in [-0.15, -0.1) is 0 Å². The van der Waals surface area contributed by atoms with Gasteiger partial charge < -0.3 is 19.3 Å². The molecule has 1 aliphatic heterocycles. The van der Waals surface area contributed by atoms with Crippen LogP contribution in [0.3, 0.4) is 0 Å². The summed E-state index contributed by atoms with van der Waals surface area (Å²) >= 11 is 0. The summed E-state index contributed by atoms with van der Waals surface area (Å²) in [5.41, 5.74) is 0. The number of aliphatic hydroxyl groups is 1. The number of ether oxygens (including phenoxy) is 1. The number of carbonyl (C=O) groups excluding carboxylic acids is 1. The van der Waals surface area contributed by atoms with Gasteiger partial charge in [-0.05, 0) is 20.5 Å². The third-order valence-corrected chi connectivity index (χ3v) is 4.52. The highest BCUT2D eigenvalue weighted by molar-refractivity contribution is 7.49. The second kappa shape index (κ2) is 7.89. The van der Waals surface area contributed by atoms with E-state index >= 15 is 0 Å². The molecule has 1 N–H and O–H groups in total. The minimum atomic E-state index is -0.573. The molecule has 1 heterocycles. The molecule has 0 bridgehead atoms. The molecule has 0 radical (unpaired) electrons. The van der Waals surface area contributed by atoms with E-state index in [2.05, 4.69) is 11.3 Å². The van der Waals surface area contributed by atoms with Gasteiger partial charge in [-0.1, -0.05) is 0 Å². The zero-order valence-electron chi connectivity index (χ0n) is 11.3. The molecule has 0 aromatic rings. The smallest absolute Gasteiger partial charge is 0.409 e. The number of carbonyl (C=O) groups is 1. The summed E-state index contributed by atoms with van der Waals surface area (Å²) in [6, 6.07) is 0. The molecule has 6 nitrogen and oxygen atoms in total. The van der Waals surface area contributed by atoms with Crippen LogP contribution in [0.1, 0.15) is 13.8 Å². The minimum absolute atomic E-state index is 0.0655. The van der Waals surface area contributed by atoms with E-state index in [0.717, 1.165) is 13.1 Å². The van der Waals surface area contributed by atoms with Gasteiger partial charge >= 0.3 is 6.09 Å². The van der Waals surface area contributed by atoms with E-state index in [1.807, 2.05) is 13.8 Å². The first-order valence-electron chi connectivity index (χ1n) is 6.22. The first kappa shape index (κ1) is 15.6. The molecule has 106 valence electrons. The van der Waals surface area contributed by atoms with Gasteiger partial charge in [0.25, 0.3) is 0 Å². The van der Waals surface area contributed by atoms with Gasteiger partial charge in [0.05, 0.1) is 12.7 Å². The molecule has 18 heavy (non-hydrogen) atoms. The predicted molar refractivity (Wildman–Crippen MR) is 70.6 cm³/mol. The third kappa shape index (κ3) is 5.06. The monoisotopic (exact) mass is 278 g/mol. The maximum Gasteiger partial charge on any atom is 0.409 e. The predicted octanol–water partition coefficient (Wildman–Crippen LogP) is 1.10. The van der Waals surface area contributed by atoms with Gasteiger partial charge in [-0.3, -0.25) is 4.67 Å². The molecule has 0 aromatic heterocycles. The van der Waals surface area contributed by atoms with Gasteiger partial charge in [0.1, 0.15) is 14.9 Å². The van der Waals surface area contributed by atoms with E-state index in [1.54, 1.807) is 4.90 Å². The lowest BCUT2D eigenvalue weighted by Crippen LogP contribution is -2.47. The number of amides is 1. The Hall–Kier alpha value is -0.420. The Balaban J connectivity index is 2.29. The molecular formula is C11H23N2O4P. The SMILES string of the molecule is CC(C)OP(C)N1CCN(C(=O)OCCO)CC1. The highest BCUT2D eigenvalue weighted by Crippen LogP contribution is 2.39. The average Bonchev–Trinajstić information content (AvgIpc) is 2.35. The van der Waals surface area contributed by atoms with Crippen LogP contribution in [0.15, 0.2) is 0 Å². The van der Waals surface area contributed by atoms with Crippen LogP contribution < -0.4 is 0 Å². The van der Waals surface area contributed by atoms with Gasteiger partial charge in [-0.25, -0.2) is 4.79 Å². The molecule has 1 aliphatic rings. The minimum Gasteiger partial charge on any atom is -0.447 e. The first-order chi connectivity index (χ1) is 8.54. The number of piperazine rings is 1. The molecule has 1 atom stereocenters. The molecule has 1 unspecified atom stereocenters. The fraction of sp³-hybridized carbons (Fsp3) is 0.909. The van der Waals surface area contributed by atoms with Gasteiger partial charge in [-0.2, -0.15) is 0 Å². The molecule has 0 saturated carbocycles. The number of aliphatic hydroxyl groups excluding tert-OH is 1. The van der Waals surface area contributed by atoms with Gasteiger partial charge in [0.2, 0.25) is 0 Å². The Morgan fingerprint density at radius 2 is 1.94 bits per heavy atom. The Morgan fingerprint density at radius 3 is 2.44 bits per heavy atom. The van der Waals surface area contributed by atoms with Crippen molar-refractivity contribution in [2.24, 2.45) is 0 Å². The average molecular weight is 278 g/mol. The summed E-state index contributed by atoms with van der Waals surface area (Å²) in [5.74, 6) is 0. The molecule has 0 aromatic carbocycles. The van der Waals surface area contributed by atoms with Crippen LogP contribution in [0.5, 0.6) is 0 Å². The van der Waals surface area contributed by atoms with Gasteiger partial charge in [0.15, 0.2) is 0 Å². The molecule has 0 spiro atoms. The Bertz CT molecular complexity index is 257. The normalized spacial score (nSPS) is 19.1. The van der Waals surface area contributed by atoms with Gasteiger partial charge in [0, 0.05) is 26.2 Å². The van der Waals surface area contributed by atoms with Crippen molar-refractivity contribution in [3.05, 3.63) is 0 Å². The van der Waals surface area contributed by atoms with Crippen molar-refractivity contribution in [3.8, 4) is 0 Å². The summed E-state index contributed by atoms with van der Waals surface area (Å²) in [6.07, 6.45) is -0.109. The van der Waals surface area contributed by atoms with E-state index in [0.29, 0.717) is 13.1 Å². The Morgan fingerprint density at radius 1 is 1.33 bits per heavy atom. The lowest BCUT2D eigenvalue weighted by atomic mass is 10.4. The molecule has 1 saturated heterocycles. The van der Waals surface area contributed by atoms with Crippen LogP contribution in [0.2, 0.25) is 0 Å². The molecular weight excluding hydrogens is 255 g/mol. The van der Waals surface area contributed by atoms with Crippen LogP contribution in [0.25, 0.3) is 0 Å². The van der Waals surface area contributed by atoms with Crippen molar-refractivity contribution in [2.75, 3.05) is 46.1 Å². The molecule has 0 aliphatic carbocycles. The highest BCUT2D eigenvalue weighted by atomic mass is 31.2. The summed E-state index contributed by atoms with van der Waals surface area (Å²) in [4.78, 5) is 13.2. The molecule has 1 amide bonds. The van der Waals surface area contributed by atoms with E-state index in [-0.39, 0.29) is 25.4 Å². The second-order valence-corrected chi connectivity index (χ2v) is 6.10. The van der Waals surface area contributed by atoms with Crippen LogP contribution in [0.4, 0.5) is 4.79 Å².